The van der Waals surface area contributed by atoms with Crippen molar-refractivity contribution in [2.75, 3.05) is 0 Å². The van der Waals surface area contributed by atoms with Crippen molar-refractivity contribution in [3.63, 3.8) is 0 Å². The second-order valence-corrected chi connectivity index (χ2v) is 6.94. The molecule has 0 fully saturated rings. The van der Waals surface area contributed by atoms with Crippen LogP contribution in [0.25, 0.3) is 11.3 Å². The van der Waals surface area contributed by atoms with E-state index in [4.69, 9.17) is 11.6 Å². The SMILES string of the molecule is Cc1ccc(-n2ccn3c(=O)n(Cc4ccc(Cl)cc4)nc3c2=O)cc1C. The van der Waals surface area contributed by atoms with Crippen molar-refractivity contribution in [1.82, 2.24) is 18.7 Å². The first kappa shape index (κ1) is 17.3. The molecule has 27 heavy (non-hydrogen) atoms. The monoisotopic (exact) mass is 380 g/mol. The number of halogens is 1. The summed E-state index contributed by atoms with van der Waals surface area (Å²) in [4.78, 5) is 25.5. The molecule has 7 heteroatoms. The fourth-order valence-corrected chi connectivity index (χ4v) is 3.08. The van der Waals surface area contributed by atoms with Gasteiger partial charge < -0.3 is 0 Å². The zero-order valence-corrected chi connectivity index (χ0v) is 15.6. The Hall–Kier alpha value is -3.12. The molecule has 0 aliphatic heterocycles. The van der Waals surface area contributed by atoms with E-state index < -0.39 is 0 Å². The molecule has 0 N–H and O–H groups in total. The van der Waals surface area contributed by atoms with Crippen LogP contribution >= 0.6 is 11.6 Å². The molecule has 0 radical (unpaired) electrons. The predicted molar refractivity (Wildman–Crippen MR) is 105 cm³/mol. The second kappa shape index (κ2) is 6.55. The van der Waals surface area contributed by atoms with Crippen molar-refractivity contribution < 1.29 is 0 Å². The molecule has 136 valence electrons. The van der Waals surface area contributed by atoms with Crippen LogP contribution in [-0.2, 0) is 6.54 Å². The number of hydrogen-bond acceptors (Lipinski definition) is 3. The summed E-state index contributed by atoms with van der Waals surface area (Å²) >= 11 is 5.90. The average Bonchev–Trinajstić information content (AvgIpc) is 2.97. The van der Waals surface area contributed by atoms with Crippen LogP contribution < -0.4 is 11.2 Å². The van der Waals surface area contributed by atoms with E-state index in [-0.39, 0.29) is 23.4 Å². The highest BCUT2D eigenvalue weighted by molar-refractivity contribution is 6.30. The Morgan fingerprint density at radius 2 is 1.70 bits per heavy atom. The molecule has 0 unspecified atom stereocenters. The smallest absolute Gasteiger partial charge is 0.280 e. The minimum atomic E-state index is -0.357. The largest absolute Gasteiger partial charge is 0.350 e. The Morgan fingerprint density at radius 1 is 0.963 bits per heavy atom. The fraction of sp³-hybridized carbons (Fsp3) is 0.150. The minimum absolute atomic E-state index is 0.0923. The third-order valence-corrected chi connectivity index (χ3v) is 4.91. The van der Waals surface area contributed by atoms with Crippen LogP contribution in [0.3, 0.4) is 0 Å². The van der Waals surface area contributed by atoms with Crippen LogP contribution in [0.2, 0.25) is 5.02 Å². The molecule has 2 heterocycles. The highest BCUT2D eigenvalue weighted by Gasteiger charge is 2.13. The zero-order valence-electron chi connectivity index (χ0n) is 14.9. The Balaban J connectivity index is 1.81. The summed E-state index contributed by atoms with van der Waals surface area (Å²) in [6.45, 7) is 4.28. The normalized spacial score (nSPS) is 11.2. The lowest BCUT2D eigenvalue weighted by atomic mass is 10.1. The van der Waals surface area contributed by atoms with Crippen LogP contribution in [0.4, 0.5) is 0 Å². The van der Waals surface area contributed by atoms with Gasteiger partial charge in [-0.15, -0.1) is 5.10 Å². The van der Waals surface area contributed by atoms with E-state index in [9.17, 15) is 9.59 Å². The topological polar surface area (TPSA) is 61.3 Å². The molecular weight excluding hydrogens is 364 g/mol. The fourth-order valence-electron chi connectivity index (χ4n) is 2.95. The maximum atomic E-state index is 12.9. The van der Waals surface area contributed by atoms with Crippen molar-refractivity contribution in [1.29, 1.82) is 0 Å². The molecule has 0 saturated heterocycles. The molecule has 4 aromatic rings. The molecule has 2 aromatic carbocycles. The van der Waals surface area contributed by atoms with Crippen LogP contribution in [0.1, 0.15) is 16.7 Å². The van der Waals surface area contributed by atoms with Crippen molar-refractivity contribution in [3.05, 3.63) is 97.4 Å². The predicted octanol–water partition coefficient (Wildman–Crippen LogP) is 2.97. The Kier molecular flexibility index (Phi) is 4.20. The standard InChI is InChI=1S/C20H17ClN4O2/c1-13-3-8-17(11-14(13)2)23-9-10-24-18(19(23)26)22-25(20(24)27)12-15-4-6-16(21)7-5-15/h3-11H,12H2,1-2H3. The van der Waals surface area contributed by atoms with Gasteiger partial charge in [0.1, 0.15) is 0 Å². The lowest BCUT2D eigenvalue weighted by Gasteiger charge is -2.08. The molecule has 6 nitrogen and oxygen atoms in total. The van der Waals surface area contributed by atoms with Gasteiger partial charge in [-0.25, -0.2) is 13.9 Å². The summed E-state index contributed by atoms with van der Waals surface area (Å²) in [7, 11) is 0. The lowest BCUT2D eigenvalue weighted by molar-refractivity contribution is 0.658. The number of aryl methyl sites for hydroxylation is 2. The van der Waals surface area contributed by atoms with Crippen LogP contribution in [0.5, 0.6) is 0 Å². The quantitative estimate of drug-likeness (QED) is 0.549. The summed E-state index contributed by atoms with van der Waals surface area (Å²) in [5, 5.41) is 4.88. The number of benzene rings is 2. The van der Waals surface area contributed by atoms with Gasteiger partial charge in [-0.2, -0.15) is 0 Å². The van der Waals surface area contributed by atoms with E-state index in [1.807, 2.05) is 44.2 Å². The third kappa shape index (κ3) is 3.08. The molecule has 0 bridgehead atoms. The summed E-state index contributed by atoms with van der Waals surface area (Å²) in [5.74, 6) is 0. The number of nitrogens with zero attached hydrogens (tertiary/aromatic N) is 4. The first-order valence-corrected chi connectivity index (χ1v) is 8.85. The summed E-state index contributed by atoms with van der Waals surface area (Å²) in [6.07, 6.45) is 3.16. The van der Waals surface area contributed by atoms with Crippen LogP contribution in [-0.4, -0.2) is 18.7 Å². The van der Waals surface area contributed by atoms with Crippen molar-refractivity contribution in [3.8, 4) is 5.69 Å². The third-order valence-electron chi connectivity index (χ3n) is 4.66. The summed E-state index contributed by atoms with van der Waals surface area (Å²) < 4.78 is 4.06. The summed E-state index contributed by atoms with van der Waals surface area (Å²) in [6, 6.07) is 12.9. The molecule has 0 saturated carbocycles. The minimum Gasteiger partial charge on any atom is -0.280 e. The van der Waals surface area contributed by atoms with Gasteiger partial charge in [0.05, 0.1) is 6.54 Å². The van der Waals surface area contributed by atoms with Gasteiger partial charge in [-0.1, -0.05) is 29.8 Å². The molecule has 0 atom stereocenters. The van der Waals surface area contributed by atoms with E-state index in [1.54, 1.807) is 24.5 Å². The van der Waals surface area contributed by atoms with Gasteiger partial charge in [-0.3, -0.25) is 9.36 Å². The number of fused-ring (bicyclic) bond motifs is 1. The highest BCUT2D eigenvalue weighted by Crippen LogP contribution is 2.13. The van der Waals surface area contributed by atoms with Gasteiger partial charge in [0.25, 0.3) is 0 Å². The molecular formula is C20H17ClN4O2. The lowest BCUT2D eigenvalue weighted by Crippen LogP contribution is -2.24. The van der Waals surface area contributed by atoms with Crippen molar-refractivity contribution in [2.24, 2.45) is 0 Å². The highest BCUT2D eigenvalue weighted by atomic mass is 35.5. The van der Waals surface area contributed by atoms with Crippen molar-refractivity contribution in [2.45, 2.75) is 20.4 Å². The Bertz CT molecular complexity index is 1270. The average molecular weight is 381 g/mol. The zero-order chi connectivity index (χ0) is 19.1. The number of aromatic nitrogens is 4. The van der Waals surface area contributed by atoms with Crippen LogP contribution in [0, 0.1) is 13.8 Å². The second-order valence-electron chi connectivity index (χ2n) is 6.50. The Labute approximate surface area is 159 Å². The molecule has 0 spiro atoms. The van der Waals surface area contributed by atoms with E-state index in [1.165, 1.54) is 13.6 Å². The van der Waals surface area contributed by atoms with Crippen molar-refractivity contribution >= 4 is 17.2 Å². The summed E-state index contributed by atoms with van der Waals surface area (Å²) in [5.41, 5.74) is 3.25. The number of hydrogen-bond donors (Lipinski definition) is 0. The van der Waals surface area contributed by atoms with E-state index in [0.29, 0.717) is 5.02 Å². The van der Waals surface area contributed by atoms with E-state index in [2.05, 4.69) is 5.10 Å². The first-order chi connectivity index (χ1) is 12.9. The molecule has 2 aromatic heterocycles. The molecule has 0 amide bonds. The maximum Gasteiger partial charge on any atom is 0.350 e. The van der Waals surface area contributed by atoms with Gasteiger partial charge in [-0.05, 0) is 54.8 Å². The van der Waals surface area contributed by atoms with Gasteiger partial charge in [0.2, 0.25) is 5.65 Å². The number of rotatable bonds is 3. The van der Waals surface area contributed by atoms with Crippen LogP contribution in [0.15, 0.2) is 64.4 Å². The molecule has 4 rings (SSSR count). The van der Waals surface area contributed by atoms with E-state index in [0.717, 1.165) is 22.4 Å². The first-order valence-electron chi connectivity index (χ1n) is 8.47. The van der Waals surface area contributed by atoms with Gasteiger partial charge >= 0.3 is 11.2 Å². The van der Waals surface area contributed by atoms with Gasteiger partial charge in [0.15, 0.2) is 0 Å². The van der Waals surface area contributed by atoms with Gasteiger partial charge in [0, 0.05) is 23.1 Å². The maximum absolute atomic E-state index is 12.9. The molecule has 0 aliphatic rings. The molecule has 0 aliphatic carbocycles. The van der Waals surface area contributed by atoms with E-state index >= 15 is 0 Å². The Morgan fingerprint density at radius 3 is 2.41 bits per heavy atom.